The van der Waals surface area contributed by atoms with E-state index in [4.69, 9.17) is 10.5 Å². The van der Waals surface area contributed by atoms with E-state index in [9.17, 15) is 4.79 Å². The maximum Gasteiger partial charge on any atom is 0.254 e. The summed E-state index contributed by atoms with van der Waals surface area (Å²) in [5, 5.41) is 0. The lowest BCUT2D eigenvalue weighted by molar-refractivity contribution is 0.414. The predicted octanol–water partition coefficient (Wildman–Crippen LogP) is 1.50. The molecule has 1 aromatic heterocycles. The van der Waals surface area contributed by atoms with E-state index in [2.05, 4.69) is 4.98 Å². The number of methoxy groups -OCH3 is 1. The van der Waals surface area contributed by atoms with Crippen LogP contribution in [0.25, 0.3) is 0 Å². The van der Waals surface area contributed by atoms with Crippen molar-refractivity contribution in [1.29, 1.82) is 0 Å². The summed E-state index contributed by atoms with van der Waals surface area (Å²) >= 11 is 0. The lowest BCUT2D eigenvalue weighted by Crippen LogP contribution is -2.24. The van der Waals surface area contributed by atoms with E-state index in [1.54, 1.807) is 17.7 Å². The van der Waals surface area contributed by atoms with E-state index in [-0.39, 0.29) is 5.56 Å². The molecule has 0 saturated carbocycles. The second-order valence-corrected chi connectivity index (χ2v) is 4.48. The highest BCUT2D eigenvalue weighted by molar-refractivity contribution is 5.47. The molecule has 1 heterocycles. The van der Waals surface area contributed by atoms with Crippen LogP contribution in [0.4, 0.5) is 5.69 Å². The molecule has 0 aliphatic rings. The predicted molar refractivity (Wildman–Crippen MR) is 74.5 cm³/mol. The summed E-state index contributed by atoms with van der Waals surface area (Å²) in [6.07, 6.45) is 0. The zero-order chi connectivity index (χ0) is 14.0. The first-order chi connectivity index (χ1) is 8.99. The van der Waals surface area contributed by atoms with Gasteiger partial charge in [0, 0.05) is 23.5 Å². The van der Waals surface area contributed by atoms with E-state index < -0.39 is 0 Å². The van der Waals surface area contributed by atoms with Crippen LogP contribution in [0, 0.1) is 13.8 Å². The van der Waals surface area contributed by atoms with Crippen LogP contribution in [0.1, 0.15) is 17.1 Å². The average molecular weight is 259 g/mol. The molecule has 5 nitrogen and oxygen atoms in total. The van der Waals surface area contributed by atoms with Crippen LogP contribution < -0.4 is 16.0 Å². The summed E-state index contributed by atoms with van der Waals surface area (Å²) in [5.41, 5.74) is 7.99. The number of ether oxygens (including phenoxy) is 1. The molecule has 0 saturated heterocycles. The molecule has 0 aliphatic heterocycles. The molecule has 0 spiro atoms. The first-order valence-corrected chi connectivity index (χ1v) is 5.98. The van der Waals surface area contributed by atoms with E-state index >= 15 is 0 Å². The quantitative estimate of drug-likeness (QED) is 0.848. The SMILES string of the molecule is COc1cc(N)cc(Cn2c(C)nc(C)cc2=O)c1. The molecule has 2 rings (SSSR count). The van der Waals surface area contributed by atoms with Crippen molar-refractivity contribution < 1.29 is 4.74 Å². The van der Waals surface area contributed by atoms with Gasteiger partial charge in [0.05, 0.1) is 13.7 Å². The van der Waals surface area contributed by atoms with Crippen LogP contribution in [0.5, 0.6) is 5.75 Å². The third-order valence-electron chi connectivity index (χ3n) is 2.89. The van der Waals surface area contributed by atoms with Crippen LogP contribution in [0.3, 0.4) is 0 Å². The molecule has 0 unspecified atom stereocenters. The third kappa shape index (κ3) is 2.93. The van der Waals surface area contributed by atoms with Crippen molar-refractivity contribution in [2.24, 2.45) is 0 Å². The van der Waals surface area contributed by atoms with E-state index in [1.807, 2.05) is 26.0 Å². The number of benzene rings is 1. The summed E-state index contributed by atoms with van der Waals surface area (Å²) in [5.74, 6) is 1.37. The van der Waals surface area contributed by atoms with Crippen molar-refractivity contribution >= 4 is 5.69 Å². The number of aromatic nitrogens is 2. The first-order valence-electron chi connectivity index (χ1n) is 5.98. The standard InChI is InChI=1S/C14H17N3O2/c1-9-4-14(18)17(10(2)16-9)8-11-5-12(15)7-13(6-11)19-3/h4-7H,8,15H2,1-3H3. The zero-order valence-corrected chi connectivity index (χ0v) is 11.3. The van der Waals surface area contributed by atoms with Gasteiger partial charge in [0.2, 0.25) is 0 Å². The van der Waals surface area contributed by atoms with E-state index in [1.165, 1.54) is 6.07 Å². The number of hydrogen-bond acceptors (Lipinski definition) is 4. The summed E-state index contributed by atoms with van der Waals surface area (Å²) in [7, 11) is 1.59. The van der Waals surface area contributed by atoms with Crippen molar-refractivity contribution in [1.82, 2.24) is 9.55 Å². The highest BCUT2D eigenvalue weighted by Crippen LogP contribution is 2.19. The summed E-state index contributed by atoms with van der Waals surface area (Å²) < 4.78 is 6.78. The molecule has 100 valence electrons. The Bertz CT molecular complexity index is 662. The van der Waals surface area contributed by atoms with Gasteiger partial charge in [-0.2, -0.15) is 0 Å². The lowest BCUT2D eigenvalue weighted by atomic mass is 10.2. The van der Waals surface area contributed by atoms with Gasteiger partial charge < -0.3 is 10.5 Å². The molecule has 19 heavy (non-hydrogen) atoms. The normalized spacial score (nSPS) is 10.5. The van der Waals surface area contributed by atoms with Crippen LogP contribution in [0.2, 0.25) is 0 Å². The molecular formula is C14H17N3O2. The van der Waals surface area contributed by atoms with Crippen molar-refractivity contribution in [2.75, 3.05) is 12.8 Å². The summed E-state index contributed by atoms with van der Waals surface area (Å²) in [6.45, 7) is 4.06. The minimum absolute atomic E-state index is 0.0635. The molecule has 1 aromatic carbocycles. The molecule has 0 radical (unpaired) electrons. The topological polar surface area (TPSA) is 70.1 Å². The molecule has 0 aliphatic carbocycles. The monoisotopic (exact) mass is 259 g/mol. The Morgan fingerprint density at radius 1 is 1.26 bits per heavy atom. The van der Waals surface area contributed by atoms with E-state index in [0.717, 1.165) is 11.3 Å². The molecule has 0 bridgehead atoms. The number of hydrogen-bond donors (Lipinski definition) is 1. The second-order valence-electron chi connectivity index (χ2n) is 4.48. The first kappa shape index (κ1) is 13.1. The van der Waals surface area contributed by atoms with E-state index in [0.29, 0.717) is 23.8 Å². The molecule has 2 N–H and O–H groups in total. The highest BCUT2D eigenvalue weighted by Gasteiger charge is 2.06. The van der Waals surface area contributed by atoms with Gasteiger partial charge in [-0.1, -0.05) is 0 Å². The zero-order valence-electron chi connectivity index (χ0n) is 11.3. The van der Waals surface area contributed by atoms with Gasteiger partial charge in [0.1, 0.15) is 11.6 Å². The Hall–Kier alpha value is -2.30. The smallest absolute Gasteiger partial charge is 0.254 e. The molecule has 0 fully saturated rings. The minimum atomic E-state index is -0.0635. The average Bonchev–Trinajstić information content (AvgIpc) is 2.33. The Morgan fingerprint density at radius 2 is 2.00 bits per heavy atom. The number of nitrogen functional groups attached to an aromatic ring is 1. The van der Waals surface area contributed by atoms with Gasteiger partial charge in [0.25, 0.3) is 5.56 Å². The summed E-state index contributed by atoms with van der Waals surface area (Å²) in [4.78, 5) is 16.3. The van der Waals surface area contributed by atoms with Crippen LogP contribution in [-0.4, -0.2) is 16.7 Å². The van der Waals surface area contributed by atoms with Gasteiger partial charge in [0.15, 0.2) is 0 Å². The Labute approximate surface area is 111 Å². The van der Waals surface area contributed by atoms with Crippen LogP contribution in [0.15, 0.2) is 29.1 Å². The molecule has 0 atom stereocenters. The van der Waals surface area contributed by atoms with Gasteiger partial charge in [-0.25, -0.2) is 4.98 Å². The number of rotatable bonds is 3. The van der Waals surface area contributed by atoms with Gasteiger partial charge in [-0.15, -0.1) is 0 Å². The Morgan fingerprint density at radius 3 is 2.63 bits per heavy atom. The number of nitrogens with zero attached hydrogens (tertiary/aromatic N) is 2. The fraction of sp³-hybridized carbons (Fsp3) is 0.286. The second kappa shape index (κ2) is 5.14. The fourth-order valence-electron chi connectivity index (χ4n) is 2.03. The number of anilines is 1. The van der Waals surface area contributed by atoms with Crippen molar-refractivity contribution in [3.63, 3.8) is 0 Å². The van der Waals surface area contributed by atoms with Gasteiger partial charge >= 0.3 is 0 Å². The minimum Gasteiger partial charge on any atom is -0.497 e. The third-order valence-corrected chi connectivity index (χ3v) is 2.89. The highest BCUT2D eigenvalue weighted by atomic mass is 16.5. The Kier molecular flexibility index (Phi) is 3.55. The fourth-order valence-corrected chi connectivity index (χ4v) is 2.03. The number of aryl methyl sites for hydroxylation is 2. The summed E-state index contributed by atoms with van der Waals surface area (Å²) in [6, 6.07) is 6.96. The van der Waals surface area contributed by atoms with Crippen molar-refractivity contribution in [3.05, 3.63) is 51.7 Å². The number of nitrogens with two attached hydrogens (primary N) is 1. The molecule has 2 aromatic rings. The Balaban J connectivity index is 2.42. The van der Waals surface area contributed by atoms with Gasteiger partial charge in [-0.3, -0.25) is 9.36 Å². The van der Waals surface area contributed by atoms with Crippen LogP contribution >= 0.6 is 0 Å². The maximum absolute atomic E-state index is 12.0. The van der Waals surface area contributed by atoms with Gasteiger partial charge in [-0.05, 0) is 31.5 Å². The van der Waals surface area contributed by atoms with Crippen molar-refractivity contribution in [3.8, 4) is 5.75 Å². The molecule has 0 amide bonds. The lowest BCUT2D eigenvalue weighted by Gasteiger charge is -2.11. The molecular weight excluding hydrogens is 242 g/mol. The molecule has 5 heteroatoms. The maximum atomic E-state index is 12.0. The van der Waals surface area contributed by atoms with Crippen molar-refractivity contribution in [2.45, 2.75) is 20.4 Å². The van der Waals surface area contributed by atoms with Crippen LogP contribution in [-0.2, 0) is 6.54 Å². The largest absolute Gasteiger partial charge is 0.497 e.